The van der Waals surface area contributed by atoms with Crippen LogP contribution in [0.2, 0.25) is 0 Å². The van der Waals surface area contributed by atoms with Crippen LogP contribution in [-0.4, -0.2) is 16.5 Å². The molecule has 1 unspecified atom stereocenters. The van der Waals surface area contributed by atoms with Crippen molar-refractivity contribution in [2.45, 2.75) is 44.5 Å². The summed E-state index contributed by atoms with van der Waals surface area (Å²) in [7, 11) is 0. The molecule has 1 aliphatic rings. The summed E-state index contributed by atoms with van der Waals surface area (Å²) in [5, 5.41) is 0. The highest BCUT2D eigenvalue weighted by atomic mass is 127. The highest BCUT2D eigenvalue weighted by molar-refractivity contribution is 14.1. The third kappa shape index (κ3) is 2.95. The smallest absolute Gasteiger partial charge is 0.333 e. The van der Waals surface area contributed by atoms with E-state index in [1.54, 1.807) is 0 Å². The van der Waals surface area contributed by atoms with Crippen molar-refractivity contribution in [3.8, 4) is 0 Å². The lowest BCUT2D eigenvalue weighted by Gasteiger charge is -2.36. The summed E-state index contributed by atoms with van der Waals surface area (Å²) in [4.78, 5) is 11.7. The minimum atomic E-state index is -0.118. The summed E-state index contributed by atoms with van der Waals surface area (Å²) in [6.07, 6.45) is 1.84. The van der Waals surface area contributed by atoms with Gasteiger partial charge in [-0.05, 0) is 32.1 Å². The molecule has 1 rings (SSSR count). The van der Waals surface area contributed by atoms with E-state index in [0.717, 1.165) is 18.4 Å². The molecule has 0 fully saturated rings. The summed E-state index contributed by atoms with van der Waals surface area (Å²) >= 11 is 2.44. The van der Waals surface area contributed by atoms with E-state index in [9.17, 15) is 4.79 Å². The van der Waals surface area contributed by atoms with E-state index in [-0.39, 0.29) is 5.97 Å². The normalized spacial score (nSPS) is 25.3. The maximum atomic E-state index is 11.7. The third-order valence-electron chi connectivity index (χ3n) is 2.99. The van der Waals surface area contributed by atoms with Crippen LogP contribution in [0.3, 0.4) is 0 Å². The van der Waals surface area contributed by atoms with Gasteiger partial charge in [0.05, 0.1) is 6.61 Å². The van der Waals surface area contributed by atoms with E-state index in [4.69, 9.17) is 4.74 Å². The SMILES string of the molecule is CCOC(=O)C1=C(C)CC(C)(C)C(I)C1. The Morgan fingerprint density at radius 3 is 2.73 bits per heavy atom. The molecule has 0 aromatic heterocycles. The molecule has 0 saturated heterocycles. The number of esters is 1. The van der Waals surface area contributed by atoms with Crippen LogP contribution in [0, 0.1) is 5.41 Å². The number of rotatable bonds is 2. The molecule has 0 saturated carbocycles. The van der Waals surface area contributed by atoms with Crippen molar-refractivity contribution in [3.63, 3.8) is 0 Å². The van der Waals surface area contributed by atoms with Crippen LogP contribution in [0.15, 0.2) is 11.1 Å². The lowest BCUT2D eigenvalue weighted by atomic mass is 9.75. The summed E-state index contributed by atoms with van der Waals surface area (Å²) < 4.78 is 5.58. The van der Waals surface area contributed by atoms with E-state index in [0.29, 0.717) is 15.9 Å². The zero-order valence-corrected chi connectivity index (χ0v) is 12.1. The first kappa shape index (κ1) is 13.0. The molecule has 3 heteroatoms. The molecule has 2 nitrogen and oxygen atoms in total. The molecule has 1 atom stereocenters. The van der Waals surface area contributed by atoms with Gasteiger partial charge in [-0.3, -0.25) is 0 Å². The van der Waals surface area contributed by atoms with Crippen LogP contribution in [0.25, 0.3) is 0 Å². The molecule has 0 bridgehead atoms. The summed E-state index contributed by atoms with van der Waals surface area (Å²) in [5.74, 6) is -0.118. The maximum Gasteiger partial charge on any atom is 0.333 e. The quantitative estimate of drug-likeness (QED) is 0.442. The van der Waals surface area contributed by atoms with Gasteiger partial charge in [-0.25, -0.2) is 4.79 Å². The van der Waals surface area contributed by atoms with Gasteiger partial charge in [0, 0.05) is 9.50 Å². The molecule has 86 valence electrons. The third-order valence-corrected chi connectivity index (χ3v) is 5.12. The van der Waals surface area contributed by atoms with Crippen molar-refractivity contribution in [2.24, 2.45) is 5.41 Å². The number of hydrogen-bond acceptors (Lipinski definition) is 2. The second-order valence-electron chi connectivity index (χ2n) is 4.82. The van der Waals surface area contributed by atoms with Gasteiger partial charge in [0.1, 0.15) is 0 Å². The van der Waals surface area contributed by atoms with Crippen LogP contribution in [0.4, 0.5) is 0 Å². The molecular weight excluding hydrogens is 303 g/mol. The van der Waals surface area contributed by atoms with Gasteiger partial charge in [0.15, 0.2) is 0 Å². The average molecular weight is 322 g/mol. The van der Waals surface area contributed by atoms with E-state index in [1.165, 1.54) is 5.57 Å². The standard InChI is InChI=1S/C12H19IO2/c1-5-15-11(14)9-6-10(13)12(3,4)7-8(9)2/h10H,5-7H2,1-4H3. The van der Waals surface area contributed by atoms with Crippen molar-refractivity contribution < 1.29 is 9.53 Å². The fourth-order valence-corrected chi connectivity index (χ4v) is 2.67. The number of halogens is 1. The van der Waals surface area contributed by atoms with E-state index < -0.39 is 0 Å². The number of allylic oxidation sites excluding steroid dienone is 1. The average Bonchev–Trinajstić information content (AvgIpc) is 2.11. The first-order valence-electron chi connectivity index (χ1n) is 5.38. The number of carbonyl (C=O) groups excluding carboxylic acids is 1. The van der Waals surface area contributed by atoms with E-state index >= 15 is 0 Å². The summed E-state index contributed by atoms with van der Waals surface area (Å²) in [6, 6.07) is 0. The first-order chi connectivity index (χ1) is 6.88. The monoisotopic (exact) mass is 322 g/mol. The number of alkyl halides is 1. The number of carbonyl (C=O) groups is 1. The van der Waals surface area contributed by atoms with Crippen molar-refractivity contribution in [1.82, 2.24) is 0 Å². The summed E-state index contributed by atoms with van der Waals surface area (Å²) in [5.41, 5.74) is 2.39. The number of ether oxygens (including phenoxy) is 1. The molecule has 0 aromatic rings. The highest BCUT2D eigenvalue weighted by Gasteiger charge is 2.35. The molecule has 15 heavy (non-hydrogen) atoms. The van der Waals surface area contributed by atoms with Gasteiger partial charge in [-0.2, -0.15) is 0 Å². The fourth-order valence-electron chi connectivity index (χ4n) is 2.01. The number of hydrogen-bond donors (Lipinski definition) is 0. The summed E-state index contributed by atoms with van der Waals surface area (Å²) in [6.45, 7) is 8.88. The van der Waals surface area contributed by atoms with Gasteiger partial charge in [-0.1, -0.05) is 42.0 Å². The van der Waals surface area contributed by atoms with E-state index in [1.807, 2.05) is 6.92 Å². The Morgan fingerprint density at radius 2 is 2.20 bits per heavy atom. The van der Waals surface area contributed by atoms with Crippen LogP contribution in [-0.2, 0) is 9.53 Å². The molecule has 0 heterocycles. The second kappa shape index (κ2) is 4.85. The molecule has 0 N–H and O–H groups in total. The van der Waals surface area contributed by atoms with Gasteiger partial charge in [0.25, 0.3) is 0 Å². The fraction of sp³-hybridized carbons (Fsp3) is 0.750. The maximum absolute atomic E-state index is 11.7. The Kier molecular flexibility index (Phi) is 4.20. The van der Waals surface area contributed by atoms with Crippen LogP contribution >= 0.6 is 22.6 Å². The minimum Gasteiger partial charge on any atom is -0.463 e. The Bertz CT molecular complexity index is 292. The molecule has 0 radical (unpaired) electrons. The Hall–Kier alpha value is -0.0600. The Balaban J connectivity index is 2.86. The van der Waals surface area contributed by atoms with Gasteiger partial charge in [0.2, 0.25) is 0 Å². The molecule has 0 amide bonds. The van der Waals surface area contributed by atoms with Crippen LogP contribution in [0.1, 0.15) is 40.5 Å². The van der Waals surface area contributed by atoms with Gasteiger partial charge >= 0.3 is 5.97 Å². The molecule has 1 aliphatic carbocycles. The zero-order valence-electron chi connectivity index (χ0n) is 9.89. The topological polar surface area (TPSA) is 26.3 Å². The largest absolute Gasteiger partial charge is 0.463 e. The molecule has 0 aliphatic heterocycles. The van der Waals surface area contributed by atoms with Crippen LogP contribution in [0.5, 0.6) is 0 Å². The predicted octanol–water partition coefficient (Wildman–Crippen LogP) is 3.49. The first-order valence-corrected chi connectivity index (χ1v) is 6.63. The molecule has 0 aromatic carbocycles. The van der Waals surface area contributed by atoms with Crippen molar-refractivity contribution in [1.29, 1.82) is 0 Å². The van der Waals surface area contributed by atoms with Gasteiger partial charge in [-0.15, -0.1) is 0 Å². The Morgan fingerprint density at radius 1 is 1.60 bits per heavy atom. The highest BCUT2D eigenvalue weighted by Crippen LogP contribution is 2.43. The van der Waals surface area contributed by atoms with Crippen molar-refractivity contribution in [2.75, 3.05) is 6.61 Å². The predicted molar refractivity (Wildman–Crippen MR) is 70.2 cm³/mol. The Labute approximate surface area is 106 Å². The van der Waals surface area contributed by atoms with Crippen molar-refractivity contribution >= 4 is 28.6 Å². The second-order valence-corrected chi connectivity index (χ2v) is 6.32. The van der Waals surface area contributed by atoms with Crippen LogP contribution < -0.4 is 0 Å². The zero-order chi connectivity index (χ0) is 11.6. The molecular formula is C12H19IO2. The minimum absolute atomic E-state index is 0.118. The van der Waals surface area contributed by atoms with E-state index in [2.05, 4.69) is 43.4 Å². The lowest BCUT2D eigenvalue weighted by Crippen LogP contribution is -2.31. The van der Waals surface area contributed by atoms with Crippen molar-refractivity contribution in [3.05, 3.63) is 11.1 Å². The lowest BCUT2D eigenvalue weighted by molar-refractivity contribution is -0.138. The van der Waals surface area contributed by atoms with Gasteiger partial charge < -0.3 is 4.74 Å². The molecule has 0 spiro atoms.